The zero-order valence-corrected chi connectivity index (χ0v) is 9.28. The van der Waals surface area contributed by atoms with Gasteiger partial charge in [0, 0.05) is 24.2 Å². The summed E-state index contributed by atoms with van der Waals surface area (Å²) in [6.07, 6.45) is 3.89. The van der Waals surface area contributed by atoms with Gasteiger partial charge in [0.15, 0.2) is 0 Å². The molecular formula is C13H16N2O. The van der Waals surface area contributed by atoms with E-state index in [1.54, 1.807) is 0 Å². The highest BCUT2D eigenvalue weighted by Gasteiger charge is 2.20. The number of unbranched alkanes of at least 4 members (excludes halogenated alkanes) is 1. The average molecular weight is 216 g/mol. The highest BCUT2D eigenvalue weighted by molar-refractivity contribution is 5.49. The van der Waals surface area contributed by atoms with E-state index in [-0.39, 0.29) is 0 Å². The predicted octanol–water partition coefficient (Wildman–Crippen LogP) is 2.94. The molecule has 1 fully saturated rings. The van der Waals surface area contributed by atoms with Crippen LogP contribution in [0.5, 0.6) is 5.75 Å². The van der Waals surface area contributed by atoms with Crippen LogP contribution in [0.15, 0.2) is 24.3 Å². The Morgan fingerprint density at radius 1 is 1.44 bits per heavy atom. The normalized spacial score (nSPS) is 14.2. The Kier molecular flexibility index (Phi) is 3.66. The van der Waals surface area contributed by atoms with Gasteiger partial charge < -0.3 is 10.1 Å². The van der Waals surface area contributed by atoms with Gasteiger partial charge in [0.2, 0.25) is 0 Å². The molecule has 0 unspecified atom stereocenters. The summed E-state index contributed by atoms with van der Waals surface area (Å²) >= 11 is 0. The van der Waals surface area contributed by atoms with Gasteiger partial charge in [-0.25, -0.2) is 0 Å². The molecule has 1 saturated carbocycles. The van der Waals surface area contributed by atoms with Crippen molar-refractivity contribution < 1.29 is 4.74 Å². The molecule has 0 aromatic heterocycles. The van der Waals surface area contributed by atoms with Gasteiger partial charge in [0.25, 0.3) is 0 Å². The summed E-state index contributed by atoms with van der Waals surface area (Å²) in [4.78, 5) is 0. The number of nitrogens with zero attached hydrogens (tertiary/aromatic N) is 1. The number of hydrogen-bond acceptors (Lipinski definition) is 3. The minimum absolute atomic E-state index is 0.556. The van der Waals surface area contributed by atoms with Crippen molar-refractivity contribution in [3.63, 3.8) is 0 Å². The number of anilines is 1. The molecule has 3 heteroatoms. The van der Waals surface area contributed by atoms with Crippen LogP contribution in [0, 0.1) is 11.3 Å². The van der Waals surface area contributed by atoms with E-state index in [1.807, 2.05) is 18.2 Å². The summed E-state index contributed by atoms with van der Waals surface area (Å²) < 4.78 is 5.56. The van der Waals surface area contributed by atoms with Gasteiger partial charge in [0.1, 0.15) is 5.75 Å². The van der Waals surface area contributed by atoms with Gasteiger partial charge in [-0.05, 0) is 31.4 Å². The van der Waals surface area contributed by atoms with Crippen molar-refractivity contribution in [3.8, 4) is 11.8 Å². The first-order valence-electron chi connectivity index (χ1n) is 5.75. The molecule has 1 aromatic rings. The van der Waals surface area contributed by atoms with Crippen molar-refractivity contribution >= 4 is 5.69 Å². The molecule has 0 radical (unpaired) electrons. The first-order valence-corrected chi connectivity index (χ1v) is 5.75. The topological polar surface area (TPSA) is 45.0 Å². The number of nitriles is 1. The largest absolute Gasteiger partial charge is 0.493 e. The van der Waals surface area contributed by atoms with Crippen LogP contribution >= 0.6 is 0 Å². The minimum Gasteiger partial charge on any atom is -0.493 e. The van der Waals surface area contributed by atoms with Crippen LogP contribution in [-0.4, -0.2) is 12.6 Å². The van der Waals surface area contributed by atoms with Crippen molar-refractivity contribution in [2.24, 2.45) is 0 Å². The van der Waals surface area contributed by atoms with Crippen LogP contribution in [-0.2, 0) is 0 Å². The van der Waals surface area contributed by atoms with E-state index >= 15 is 0 Å². The lowest BCUT2D eigenvalue weighted by atomic mass is 10.3. The molecule has 2 rings (SSSR count). The smallest absolute Gasteiger partial charge is 0.121 e. The molecule has 3 nitrogen and oxygen atoms in total. The molecule has 1 aliphatic carbocycles. The lowest BCUT2D eigenvalue weighted by molar-refractivity contribution is 0.313. The second-order valence-corrected chi connectivity index (χ2v) is 4.06. The van der Waals surface area contributed by atoms with Gasteiger partial charge in [-0.15, -0.1) is 0 Å². The van der Waals surface area contributed by atoms with E-state index in [1.165, 1.54) is 12.8 Å². The van der Waals surface area contributed by atoms with Crippen LogP contribution < -0.4 is 10.1 Å². The molecule has 0 spiro atoms. The Balaban J connectivity index is 1.81. The monoisotopic (exact) mass is 216 g/mol. The third-order valence-electron chi connectivity index (χ3n) is 2.48. The molecular weight excluding hydrogens is 200 g/mol. The van der Waals surface area contributed by atoms with Gasteiger partial charge in [0.05, 0.1) is 12.7 Å². The Hall–Kier alpha value is -1.69. The summed E-state index contributed by atoms with van der Waals surface area (Å²) in [5.74, 6) is 0.878. The molecule has 0 amide bonds. The second kappa shape index (κ2) is 5.41. The summed E-state index contributed by atoms with van der Waals surface area (Å²) in [6.45, 7) is 0.612. The van der Waals surface area contributed by atoms with Crippen molar-refractivity contribution in [3.05, 3.63) is 24.3 Å². The maximum absolute atomic E-state index is 8.40. The summed E-state index contributed by atoms with van der Waals surface area (Å²) in [5, 5.41) is 11.8. The molecule has 0 aliphatic heterocycles. The van der Waals surface area contributed by atoms with E-state index in [2.05, 4.69) is 17.5 Å². The first-order chi connectivity index (χ1) is 7.88. The molecule has 84 valence electrons. The van der Waals surface area contributed by atoms with Crippen LogP contribution in [0.4, 0.5) is 5.69 Å². The molecule has 0 saturated heterocycles. The summed E-state index contributed by atoms with van der Waals surface area (Å²) in [7, 11) is 0. The highest BCUT2D eigenvalue weighted by Crippen LogP contribution is 2.26. The van der Waals surface area contributed by atoms with Gasteiger partial charge in [-0.2, -0.15) is 5.26 Å². The van der Waals surface area contributed by atoms with E-state index in [0.717, 1.165) is 17.9 Å². The number of benzene rings is 1. The number of rotatable bonds is 6. The average Bonchev–Trinajstić information content (AvgIpc) is 3.09. The van der Waals surface area contributed by atoms with E-state index in [0.29, 0.717) is 19.1 Å². The maximum atomic E-state index is 8.40. The van der Waals surface area contributed by atoms with Crippen molar-refractivity contribution in [2.45, 2.75) is 31.7 Å². The summed E-state index contributed by atoms with van der Waals surface area (Å²) in [5.41, 5.74) is 1.13. The van der Waals surface area contributed by atoms with E-state index in [9.17, 15) is 0 Å². The Bertz CT molecular complexity index is 380. The highest BCUT2D eigenvalue weighted by atomic mass is 16.5. The van der Waals surface area contributed by atoms with Gasteiger partial charge >= 0.3 is 0 Å². The quantitative estimate of drug-likeness (QED) is 0.743. The molecule has 0 bridgehead atoms. The third-order valence-corrected chi connectivity index (χ3v) is 2.48. The lowest BCUT2D eigenvalue weighted by Gasteiger charge is -2.08. The van der Waals surface area contributed by atoms with E-state index < -0.39 is 0 Å². The van der Waals surface area contributed by atoms with Crippen molar-refractivity contribution in [2.75, 3.05) is 11.9 Å². The fraction of sp³-hybridized carbons (Fsp3) is 0.462. The second-order valence-electron chi connectivity index (χ2n) is 4.06. The molecule has 0 heterocycles. The Morgan fingerprint density at radius 3 is 3.06 bits per heavy atom. The minimum atomic E-state index is 0.556. The molecule has 0 atom stereocenters. The summed E-state index contributed by atoms with van der Waals surface area (Å²) in [6, 6.07) is 10.8. The molecule has 1 N–H and O–H groups in total. The van der Waals surface area contributed by atoms with Crippen LogP contribution in [0.1, 0.15) is 25.7 Å². The Morgan fingerprint density at radius 2 is 2.31 bits per heavy atom. The number of nitrogens with one attached hydrogen (secondary N) is 1. The van der Waals surface area contributed by atoms with Gasteiger partial charge in [-0.3, -0.25) is 0 Å². The fourth-order valence-corrected chi connectivity index (χ4v) is 1.48. The van der Waals surface area contributed by atoms with Gasteiger partial charge in [-0.1, -0.05) is 6.07 Å². The molecule has 1 aliphatic rings. The SMILES string of the molecule is N#CCCCOc1cccc(NC2CC2)c1. The predicted molar refractivity (Wildman–Crippen MR) is 63.4 cm³/mol. The number of hydrogen-bond donors (Lipinski definition) is 1. The molecule has 16 heavy (non-hydrogen) atoms. The third kappa shape index (κ3) is 3.47. The van der Waals surface area contributed by atoms with E-state index in [4.69, 9.17) is 10.00 Å². The zero-order chi connectivity index (χ0) is 11.2. The van der Waals surface area contributed by atoms with Crippen molar-refractivity contribution in [1.82, 2.24) is 0 Å². The van der Waals surface area contributed by atoms with Crippen molar-refractivity contribution in [1.29, 1.82) is 5.26 Å². The fourth-order valence-electron chi connectivity index (χ4n) is 1.48. The van der Waals surface area contributed by atoms with Crippen LogP contribution in [0.2, 0.25) is 0 Å². The Labute approximate surface area is 96.0 Å². The maximum Gasteiger partial charge on any atom is 0.121 e. The number of ether oxygens (including phenoxy) is 1. The molecule has 1 aromatic carbocycles. The zero-order valence-electron chi connectivity index (χ0n) is 9.28. The first kappa shape index (κ1) is 10.8. The van der Waals surface area contributed by atoms with Crippen LogP contribution in [0.25, 0.3) is 0 Å². The van der Waals surface area contributed by atoms with Crippen LogP contribution in [0.3, 0.4) is 0 Å². The standard InChI is InChI=1S/C13H16N2O/c14-8-1-2-9-16-13-5-3-4-12(10-13)15-11-6-7-11/h3-5,10-11,15H,1-2,6-7,9H2. The lowest BCUT2D eigenvalue weighted by Crippen LogP contribution is -2.01.